The molecule has 1 atom stereocenters. The van der Waals surface area contributed by atoms with Gasteiger partial charge in [0.25, 0.3) is 0 Å². The van der Waals surface area contributed by atoms with Gasteiger partial charge in [0.15, 0.2) is 0 Å². The second-order valence-electron chi connectivity index (χ2n) is 6.82. The van der Waals surface area contributed by atoms with Crippen molar-refractivity contribution in [2.75, 3.05) is 40.5 Å². The quantitative estimate of drug-likeness (QED) is 0.690. The molecule has 1 aliphatic rings. The van der Waals surface area contributed by atoms with Crippen molar-refractivity contribution in [1.29, 1.82) is 0 Å². The molecule has 156 valence electrons. The second kappa shape index (κ2) is 9.39. The van der Waals surface area contributed by atoms with Crippen molar-refractivity contribution in [2.24, 2.45) is 0 Å². The molecule has 1 amide bonds. The molecular weight excluding hydrogens is 392 g/mol. The standard InChI is InChI=1S/C21H26N2O5S/c1-22(29(25,26)19-6-4-3-5-7-19)20(17-8-10-18(27-2)11-9-17)16-21(24)23-12-14-28-15-13-23/h3-11,20H,12-16H2,1-2H3/t20-/m0/s1. The summed E-state index contributed by atoms with van der Waals surface area (Å²) in [4.78, 5) is 14.8. The lowest BCUT2D eigenvalue weighted by molar-refractivity contribution is -0.136. The maximum Gasteiger partial charge on any atom is 0.243 e. The summed E-state index contributed by atoms with van der Waals surface area (Å²) in [6.07, 6.45) is 0.0505. The van der Waals surface area contributed by atoms with Crippen LogP contribution in [0, 0.1) is 0 Å². The van der Waals surface area contributed by atoms with Crippen molar-refractivity contribution in [3.63, 3.8) is 0 Å². The molecule has 0 aromatic heterocycles. The summed E-state index contributed by atoms with van der Waals surface area (Å²) in [5, 5.41) is 0. The summed E-state index contributed by atoms with van der Waals surface area (Å²) < 4.78 is 38.2. The SMILES string of the molecule is COc1ccc([C@H](CC(=O)N2CCOCC2)N(C)S(=O)(=O)c2ccccc2)cc1. The van der Waals surface area contributed by atoms with E-state index in [1.807, 2.05) is 0 Å². The van der Waals surface area contributed by atoms with Crippen LogP contribution in [0.4, 0.5) is 0 Å². The van der Waals surface area contributed by atoms with Gasteiger partial charge in [0.1, 0.15) is 5.75 Å². The number of benzene rings is 2. The summed E-state index contributed by atoms with van der Waals surface area (Å²) in [6.45, 7) is 2.03. The highest BCUT2D eigenvalue weighted by molar-refractivity contribution is 7.89. The largest absolute Gasteiger partial charge is 0.497 e. The summed E-state index contributed by atoms with van der Waals surface area (Å²) in [6, 6.07) is 14.7. The third-order valence-electron chi connectivity index (χ3n) is 5.09. The lowest BCUT2D eigenvalue weighted by Gasteiger charge is -2.32. The number of hydrogen-bond donors (Lipinski definition) is 0. The molecule has 1 saturated heterocycles. The Bertz CT molecular complexity index is 910. The van der Waals surface area contributed by atoms with Gasteiger partial charge >= 0.3 is 0 Å². The predicted octanol–water partition coefficient (Wildman–Crippen LogP) is 2.31. The van der Waals surface area contributed by atoms with Gasteiger partial charge in [-0.3, -0.25) is 4.79 Å². The Morgan fingerprint density at radius 2 is 1.72 bits per heavy atom. The lowest BCUT2D eigenvalue weighted by atomic mass is 10.0. The number of carbonyl (C=O) groups excluding carboxylic acids is 1. The molecule has 0 bridgehead atoms. The van der Waals surface area contributed by atoms with Crippen LogP contribution in [0.2, 0.25) is 0 Å². The van der Waals surface area contributed by atoms with E-state index in [4.69, 9.17) is 9.47 Å². The number of amides is 1. The average Bonchev–Trinajstić information content (AvgIpc) is 2.78. The Kier molecular flexibility index (Phi) is 6.89. The zero-order valence-corrected chi connectivity index (χ0v) is 17.5. The first kappa shape index (κ1) is 21.3. The molecule has 0 saturated carbocycles. The Morgan fingerprint density at radius 1 is 1.10 bits per heavy atom. The van der Waals surface area contributed by atoms with Gasteiger partial charge in [0.05, 0.1) is 31.3 Å². The van der Waals surface area contributed by atoms with Crippen LogP contribution in [0.15, 0.2) is 59.5 Å². The Morgan fingerprint density at radius 3 is 2.31 bits per heavy atom. The second-order valence-corrected chi connectivity index (χ2v) is 8.82. The number of rotatable bonds is 7. The van der Waals surface area contributed by atoms with Gasteiger partial charge in [-0.2, -0.15) is 4.31 Å². The molecule has 0 aliphatic carbocycles. The van der Waals surface area contributed by atoms with E-state index in [1.54, 1.807) is 66.6 Å². The zero-order valence-electron chi connectivity index (χ0n) is 16.7. The molecule has 1 aliphatic heterocycles. The molecule has 1 heterocycles. The highest BCUT2D eigenvalue weighted by atomic mass is 32.2. The monoisotopic (exact) mass is 418 g/mol. The number of sulfonamides is 1. The summed E-state index contributed by atoms with van der Waals surface area (Å²) >= 11 is 0. The van der Waals surface area contributed by atoms with E-state index >= 15 is 0 Å². The molecule has 0 unspecified atom stereocenters. The molecule has 2 aromatic carbocycles. The van der Waals surface area contributed by atoms with Crippen LogP contribution in [0.5, 0.6) is 5.75 Å². The number of morpholine rings is 1. The number of ether oxygens (including phenoxy) is 2. The molecule has 3 rings (SSSR count). The normalized spacial score (nSPS) is 15.9. The average molecular weight is 419 g/mol. The third-order valence-corrected chi connectivity index (χ3v) is 6.97. The van der Waals surface area contributed by atoms with Crippen LogP contribution in [0.3, 0.4) is 0 Å². The first-order valence-electron chi connectivity index (χ1n) is 9.46. The van der Waals surface area contributed by atoms with Crippen LogP contribution in [0.25, 0.3) is 0 Å². The number of hydrogen-bond acceptors (Lipinski definition) is 5. The van der Waals surface area contributed by atoms with Gasteiger partial charge < -0.3 is 14.4 Å². The van der Waals surface area contributed by atoms with E-state index in [-0.39, 0.29) is 17.2 Å². The van der Waals surface area contributed by atoms with Crippen molar-refractivity contribution in [3.8, 4) is 5.75 Å². The zero-order chi connectivity index (χ0) is 20.9. The fourth-order valence-electron chi connectivity index (χ4n) is 3.32. The number of carbonyl (C=O) groups is 1. The van der Waals surface area contributed by atoms with E-state index < -0.39 is 16.1 Å². The Labute approximate surface area is 171 Å². The molecule has 29 heavy (non-hydrogen) atoms. The predicted molar refractivity (Wildman–Crippen MR) is 109 cm³/mol. The van der Waals surface area contributed by atoms with Crippen LogP contribution in [-0.2, 0) is 19.6 Å². The van der Waals surface area contributed by atoms with Crippen LogP contribution in [0.1, 0.15) is 18.0 Å². The van der Waals surface area contributed by atoms with E-state index in [1.165, 1.54) is 11.4 Å². The molecular formula is C21H26N2O5S. The van der Waals surface area contributed by atoms with Gasteiger partial charge in [-0.05, 0) is 29.8 Å². The van der Waals surface area contributed by atoms with Crippen LogP contribution in [-0.4, -0.2) is 64.0 Å². The van der Waals surface area contributed by atoms with Gasteiger partial charge in [-0.15, -0.1) is 0 Å². The summed E-state index contributed by atoms with van der Waals surface area (Å²) in [5.41, 5.74) is 0.731. The maximum absolute atomic E-state index is 13.2. The number of nitrogens with zero attached hydrogens (tertiary/aromatic N) is 2. The molecule has 0 radical (unpaired) electrons. The van der Waals surface area contributed by atoms with Gasteiger partial charge in [-0.25, -0.2) is 8.42 Å². The molecule has 8 heteroatoms. The maximum atomic E-state index is 13.2. The minimum atomic E-state index is -3.77. The summed E-state index contributed by atoms with van der Waals surface area (Å²) in [5.74, 6) is 0.574. The topological polar surface area (TPSA) is 76.2 Å². The highest BCUT2D eigenvalue weighted by Crippen LogP contribution is 2.30. The molecule has 7 nitrogen and oxygen atoms in total. The van der Waals surface area contributed by atoms with Gasteiger partial charge in [0, 0.05) is 26.6 Å². The molecule has 1 fully saturated rings. The fraction of sp³-hybridized carbons (Fsp3) is 0.381. The van der Waals surface area contributed by atoms with Crippen molar-refractivity contribution in [1.82, 2.24) is 9.21 Å². The van der Waals surface area contributed by atoms with Crippen molar-refractivity contribution in [3.05, 3.63) is 60.2 Å². The van der Waals surface area contributed by atoms with Crippen molar-refractivity contribution >= 4 is 15.9 Å². The fourth-order valence-corrected chi connectivity index (χ4v) is 4.68. The molecule has 0 spiro atoms. The van der Waals surface area contributed by atoms with E-state index in [0.29, 0.717) is 32.1 Å². The van der Waals surface area contributed by atoms with E-state index in [9.17, 15) is 13.2 Å². The third kappa shape index (κ3) is 4.95. The van der Waals surface area contributed by atoms with E-state index in [0.717, 1.165) is 5.56 Å². The van der Waals surface area contributed by atoms with E-state index in [2.05, 4.69) is 0 Å². The smallest absolute Gasteiger partial charge is 0.243 e. The Balaban J connectivity index is 1.91. The Hall–Kier alpha value is -2.42. The molecule has 0 N–H and O–H groups in total. The molecule has 2 aromatic rings. The van der Waals surface area contributed by atoms with Crippen molar-refractivity contribution in [2.45, 2.75) is 17.4 Å². The minimum absolute atomic E-state index is 0.0505. The number of methoxy groups -OCH3 is 1. The first-order chi connectivity index (χ1) is 13.9. The van der Waals surface area contributed by atoms with Crippen LogP contribution >= 0.6 is 0 Å². The van der Waals surface area contributed by atoms with Gasteiger partial charge in [-0.1, -0.05) is 30.3 Å². The van der Waals surface area contributed by atoms with Crippen LogP contribution < -0.4 is 4.74 Å². The summed E-state index contributed by atoms with van der Waals surface area (Å²) in [7, 11) is -0.684. The highest BCUT2D eigenvalue weighted by Gasteiger charge is 2.32. The van der Waals surface area contributed by atoms with Crippen molar-refractivity contribution < 1.29 is 22.7 Å². The minimum Gasteiger partial charge on any atom is -0.497 e. The first-order valence-corrected chi connectivity index (χ1v) is 10.9. The lowest BCUT2D eigenvalue weighted by Crippen LogP contribution is -2.43. The van der Waals surface area contributed by atoms with Gasteiger partial charge in [0.2, 0.25) is 15.9 Å².